The second kappa shape index (κ2) is 16.4. The average Bonchev–Trinajstić information content (AvgIpc) is 3.50. The van der Waals surface area contributed by atoms with E-state index >= 15 is 0 Å². The molecule has 1 aliphatic carbocycles. The third-order valence-corrected chi connectivity index (χ3v) is 10.2. The van der Waals surface area contributed by atoms with Gasteiger partial charge in [0.15, 0.2) is 0 Å². The summed E-state index contributed by atoms with van der Waals surface area (Å²) >= 11 is 5.79. The fraction of sp³-hybridized carbons (Fsp3) is 0.361. The molecule has 278 valence electrons. The molecule has 0 heterocycles. The van der Waals surface area contributed by atoms with Crippen LogP contribution < -0.4 is 15.4 Å². The smallest absolute Gasteiger partial charge is 0.340 e. The van der Waals surface area contributed by atoms with E-state index in [1.807, 2.05) is 16.9 Å². The number of carbonyl (C=O) groups excluding carboxylic acids is 5. The van der Waals surface area contributed by atoms with Crippen molar-refractivity contribution < 1.29 is 45.6 Å². The van der Waals surface area contributed by atoms with Crippen LogP contribution in [-0.4, -0.2) is 73.6 Å². The van der Waals surface area contributed by atoms with Gasteiger partial charge in [0.05, 0.1) is 17.5 Å². The van der Waals surface area contributed by atoms with E-state index in [1.54, 1.807) is 26.0 Å². The number of halogens is 4. The molecule has 4 amide bonds. The van der Waals surface area contributed by atoms with Gasteiger partial charge in [0, 0.05) is 22.2 Å². The van der Waals surface area contributed by atoms with Gasteiger partial charge >= 0.3 is 6.18 Å². The minimum Gasteiger partial charge on any atom is -0.340 e. The van der Waals surface area contributed by atoms with E-state index in [0.29, 0.717) is 17.9 Å². The summed E-state index contributed by atoms with van der Waals surface area (Å²) in [7, 11) is -4.22. The normalized spacial score (nSPS) is 14.5. The molecule has 2 atom stereocenters. The van der Waals surface area contributed by atoms with E-state index in [-0.39, 0.29) is 16.0 Å². The van der Waals surface area contributed by atoms with Gasteiger partial charge in [-0.2, -0.15) is 13.2 Å². The predicted molar refractivity (Wildman–Crippen MR) is 186 cm³/mol. The number of imide groups is 1. The lowest BCUT2D eigenvalue weighted by atomic mass is 9.94. The molecule has 0 saturated carbocycles. The van der Waals surface area contributed by atoms with Crippen molar-refractivity contribution in [3.63, 3.8) is 0 Å². The topological polar surface area (TPSA) is 159 Å². The number of benzene rings is 3. The zero-order valence-corrected chi connectivity index (χ0v) is 30.2. The van der Waals surface area contributed by atoms with Crippen molar-refractivity contribution in [2.24, 2.45) is 11.8 Å². The van der Waals surface area contributed by atoms with Crippen molar-refractivity contribution in [3.05, 3.63) is 100 Å². The standard InChI is InChI=1S/C36H38ClF3N4O7S/c1-20(2)30(42-33(47)22-9-11-23(12-10-22)34(48)43-52(50,51)28-15-13-26(37)14-16-28)35(49)41-29(45)19-44(31(21(3)4)32(46)36(38,39)40)27-17-24-7-5-6-8-25(24)18-27/h5-16,20-21,27,30-31H,17-19H2,1-4H3,(H,42,47)(H,43,48)(H,41,45,49)/t30-,31-/m0/s1. The Hall–Kier alpha value is -4.60. The van der Waals surface area contributed by atoms with Gasteiger partial charge in [-0.1, -0.05) is 63.6 Å². The first kappa shape index (κ1) is 40.2. The lowest BCUT2D eigenvalue weighted by Gasteiger charge is -2.37. The van der Waals surface area contributed by atoms with Gasteiger partial charge in [-0.05, 0) is 84.3 Å². The molecule has 0 radical (unpaired) electrons. The largest absolute Gasteiger partial charge is 0.451 e. The van der Waals surface area contributed by atoms with Gasteiger partial charge in [-0.25, -0.2) is 13.1 Å². The minimum atomic E-state index is -5.16. The van der Waals surface area contributed by atoms with Crippen LogP contribution in [0.3, 0.4) is 0 Å². The Balaban J connectivity index is 1.44. The molecule has 0 aromatic heterocycles. The third kappa shape index (κ3) is 9.83. The number of alkyl halides is 3. The summed E-state index contributed by atoms with van der Waals surface area (Å²) in [5, 5.41) is 5.01. The molecule has 3 aromatic carbocycles. The van der Waals surface area contributed by atoms with Gasteiger partial charge in [0.25, 0.3) is 27.6 Å². The number of nitrogens with zero attached hydrogens (tertiary/aromatic N) is 1. The maximum atomic E-state index is 13.8. The van der Waals surface area contributed by atoms with Crippen molar-refractivity contribution in [1.29, 1.82) is 0 Å². The number of fused-ring (bicyclic) bond motifs is 1. The quantitative estimate of drug-likeness (QED) is 0.230. The molecule has 3 aromatic rings. The predicted octanol–water partition coefficient (Wildman–Crippen LogP) is 4.48. The van der Waals surface area contributed by atoms with Gasteiger partial charge in [-0.3, -0.25) is 34.2 Å². The molecule has 1 aliphatic rings. The van der Waals surface area contributed by atoms with Crippen molar-refractivity contribution >= 4 is 51.0 Å². The Morgan fingerprint density at radius 3 is 1.81 bits per heavy atom. The fourth-order valence-corrected chi connectivity index (χ4v) is 7.14. The van der Waals surface area contributed by atoms with E-state index in [2.05, 4.69) is 10.6 Å². The second-order valence-corrected chi connectivity index (χ2v) is 15.2. The molecule has 0 unspecified atom stereocenters. The maximum absolute atomic E-state index is 13.8. The summed E-state index contributed by atoms with van der Waals surface area (Å²) in [5.74, 6) is -6.98. The average molecular weight is 763 g/mol. The van der Waals surface area contributed by atoms with Gasteiger partial charge in [0.1, 0.15) is 6.04 Å². The summed E-state index contributed by atoms with van der Waals surface area (Å²) in [5.41, 5.74) is 1.68. The first-order valence-electron chi connectivity index (χ1n) is 16.3. The number of nitrogens with one attached hydrogen (secondary N) is 3. The van der Waals surface area contributed by atoms with Crippen molar-refractivity contribution in [1.82, 2.24) is 20.3 Å². The number of amides is 4. The maximum Gasteiger partial charge on any atom is 0.451 e. The Morgan fingerprint density at radius 1 is 0.808 bits per heavy atom. The Kier molecular flexibility index (Phi) is 12.7. The molecular weight excluding hydrogens is 725 g/mol. The van der Waals surface area contributed by atoms with E-state index in [0.717, 1.165) is 11.1 Å². The van der Waals surface area contributed by atoms with Crippen molar-refractivity contribution in [3.8, 4) is 0 Å². The lowest BCUT2D eigenvalue weighted by molar-refractivity contribution is -0.179. The molecule has 16 heteroatoms. The summed E-state index contributed by atoms with van der Waals surface area (Å²) in [4.78, 5) is 66.1. The number of ketones is 1. The Bertz CT molecular complexity index is 1910. The number of Topliss-reactive ketones (excluding diaryl/α,β-unsaturated/α-hetero) is 1. The van der Waals surface area contributed by atoms with Crippen LogP contribution in [0.5, 0.6) is 0 Å². The van der Waals surface area contributed by atoms with E-state index in [1.165, 1.54) is 67.3 Å². The molecule has 0 bridgehead atoms. The summed E-state index contributed by atoms with van der Waals surface area (Å²) in [6.45, 7) is 5.42. The van der Waals surface area contributed by atoms with Crippen LogP contribution in [0.1, 0.15) is 59.5 Å². The van der Waals surface area contributed by atoms with Crippen LogP contribution >= 0.6 is 11.6 Å². The molecule has 52 heavy (non-hydrogen) atoms. The second-order valence-electron chi connectivity index (χ2n) is 13.1. The fourth-order valence-electron chi connectivity index (χ4n) is 6.04. The van der Waals surface area contributed by atoms with Crippen molar-refractivity contribution in [2.45, 2.75) is 69.7 Å². The zero-order valence-electron chi connectivity index (χ0n) is 28.7. The zero-order chi connectivity index (χ0) is 38.5. The van der Waals surface area contributed by atoms with Gasteiger partial charge in [0.2, 0.25) is 11.8 Å². The number of carbonyl (C=O) groups is 5. The first-order valence-corrected chi connectivity index (χ1v) is 18.2. The number of rotatable bonds is 13. The van der Waals surface area contributed by atoms with E-state index < -0.39 is 82.1 Å². The van der Waals surface area contributed by atoms with Crippen LogP contribution in [0.4, 0.5) is 13.2 Å². The van der Waals surface area contributed by atoms with Gasteiger partial charge < -0.3 is 5.32 Å². The van der Waals surface area contributed by atoms with Crippen LogP contribution in [0, 0.1) is 11.8 Å². The number of sulfonamides is 1. The highest BCUT2D eigenvalue weighted by molar-refractivity contribution is 7.90. The van der Waals surface area contributed by atoms with Crippen LogP contribution in [0.25, 0.3) is 0 Å². The highest BCUT2D eigenvalue weighted by Gasteiger charge is 2.49. The number of hydrogen-bond donors (Lipinski definition) is 3. The molecular formula is C36H38ClF3N4O7S. The highest BCUT2D eigenvalue weighted by atomic mass is 35.5. The highest BCUT2D eigenvalue weighted by Crippen LogP contribution is 2.31. The van der Waals surface area contributed by atoms with E-state index in [9.17, 15) is 45.6 Å². The Labute approximate surface area is 304 Å². The minimum absolute atomic E-state index is 0.000650. The molecule has 0 spiro atoms. The van der Waals surface area contributed by atoms with Crippen molar-refractivity contribution in [2.75, 3.05) is 6.54 Å². The number of hydrogen-bond acceptors (Lipinski definition) is 8. The summed E-state index contributed by atoms with van der Waals surface area (Å²) < 4.78 is 68.3. The first-order chi connectivity index (χ1) is 24.3. The van der Waals surface area contributed by atoms with E-state index in [4.69, 9.17) is 11.6 Å². The molecule has 0 saturated heterocycles. The molecule has 3 N–H and O–H groups in total. The SMILES string of the molecule is CC(C)[C@H](NC(=O)c1ccc(C(=O)NS(=O)(=O)c2ccc(Cl)cc2)cc1)C(=O)NC(=O)CN(C1Cc2ccccc2C1)[C@H](C(=O)C(F)(F)F)C(C)C. The Morgan fingerprint density at radius 2 is 1.33 bits per heavy atom. The summed E-state index contributed by atoms with van der Waals surface area (Å²) in [6.07, 6.45) is -4.56. The lowest BCUT2D eigenvalue weighted by Crippen LogP contribution is -2.58. The molecule has 4 rings (SSSR count). The third-order valence-electron chi connectivity index (χ3n) is 8.62. The van der Waals surface area contributed by atoms with Crippen LogP contribution in [0.15, 0.2) is 77.7 Å². The molecule has 11 nitrogen and oxygen atoms in total. The van der Waals surface area contributed by atoms with Crippen LogP contribution in [-0.2, 0) is 37.2 Å². The van der Waals surface area contributed by atoms with Crippen LogP contribution in [0.2, 0.25) is 5.02 Å². The molecule has 0 fully saturated rings. The monoisotopic (exact) mass is 762 g/mol. The molecule has 0 aliphatic heterocycles. The summed E-state index contributed by atoms with van der Waals surface area (Å²) in [6, 6.07) is 13.7. The van der Waals surface area contributed by atoms with Gasteiger partial charge in [-0.15, -0.1) is 0 Å².